The number of aliphatic hydroxyl groups is 4. The first-order valence-electron chi connectivity index (χ1n) is 41.7. The number of rotatable bonds is 28. The number of carbonyl (C=O) groups is 4. The Bertz CT molecular complexity index is 5800. The molecular formula is C94H107Cl4N19O10S. The van der Waals surface area contributed by atoms with E-state index in [1.807, 2.05) is 106 Å². The van der Waals surface area contributed by atoms with Gasteiger partial charge in [-0.25, -0.2) is 24.9 Å². The zero-order chi connectivity index (χ0) is 93.0. The number of anilines is 4. The molecule has 0 aliphatic heterocycles. The van der Waals surface area contributed by atoms with E-state index in [4.69, 9.17) is 78.2 Å². The Kier molecular flexibility index (Phi) is 37.7. The second kappa shape index (κ2) is 48.3. The van der Waals surface area contributed by atoms with Crippen molar-refractivity contribution in [2.45, 2.75) is 108 Å². The number of H-pyrrole nitrogens is 1. The minimum atomic E-state index is -0.688. The van der Waals surface area contributed by atoms with Gasteiger partial charge in [0.25, 0.3) is 23.6 Å². The number of hydrogen-bond acceptors (Lipinski definition) is 25. The zero-order valence-corrected chi connectivity index (χ0v) is 77.3. The van der Waals surface area contributed by atoms with Crippen molar-refractivity contribution in [1.29, 1.82) is 0 Å². The predicted octanol–water partition coefficient (Wildman–Crippen LogP) is 11.8. The summed E-state index contributed by atoms with van der Waals surface area (Å²) < 4.78 is 11.0. The van der Waals surface area contributed by atoms with E-state index in [0.29, 0.717) is 114 Å². The van der Waals surface area contributed by atoms with E-state index in [-0.39, 0.29) is 72.1 Å². The maximum absolute atomic E-state index is 12.7. The Morgan fingerprint density at radius 3 is 1.16 bits per heavy atom. The fourth-order valence-electron chi connectivity index (χ4n) is 13.2. The van der Waals surface area contributed by atoms with Crippen LogP contribution in [0.4, 0.5) is 23.3 Å². The number of carbonyl (C=O) groups excluding carboxylic acids is 4. The fourth-order valence-corrected chi connectivity index (χ4v) is 14.6. The number of pyridine rings is 4. The van der Waals surface area contributed by atoms with Crippen LogP contribution in [0.2, 0.25) is 20.1 Å². The quantitative estimate of drug-likeness (QED) is 0.0203. The van der Waals surface area contributed by atoms with Crippen LogP contribution in [0.25, 0.3) is 43.1 Å². The average molecular weight is 1840 g/mol. The van der Waals surface area contributed by atoms with Gasteiger partial charge < -0.3 is 98.0 Å². The smallest absolute Gasteiger partial charge is 0.307 e. The summed E-state index contributed by atoms with van der Waals surface area (Å²) in [5.41, 5.74) is 31.3. The Balaban J connectivity index is 0.000000193. The lowest BCUT2D eigenvalue weighted by molar-refractivity contribution is 0.0837. The SMILES string of the molecule is CCN(CC)CC(O)CNC(=O)c1[nH]c(C#Cc2c(N)ncc3ccc(Cl)cc23)c(C)c1C.CCN(CC)CC(O)CNC(=O)c1nc(C#Cc2c(N)ncc3ccc(Cl)cc23)co1.CCN(CC)CC(O)CNC(=O)c1nc(C#Cc2c(N)ncc3ccc(Cl)cc23)cs1.CCN(CC)CC(O)CNC(=O)c1oc(C#Cc2c(N)ncc3ccc(Cl)cc23)c(C)c1C. The largest absolute Gasteiger partial charge is 0.442 e. The fraction of sp³-hybridized carbons (Fsp3) is 0.340. The predicted molar refractivity (Wildman–Crippen MR) is 510 cm³/mol. The molecule has 128 heavy (non-hydrogen) atoms. The van der Waals surface area contributed by atoms with Crippen LogP contribution in [-0.2, 0) is 0 Å². The molecule has 29 nitrogen and oxygen atoms in total. The lowest BCUT2D eigenvalue weighted by Crippen LogP contribution is -2.40. The van der Waals surface area contributed by atoms with E-state index in [1.165, 1.54) is 17.6 Å². The molecule has 0 radical (unpaired) electrons. The summed E-state index contributed by atoms with van der Waals surface area (Å²) in [5.74, 6) is 24.0. The minimum absolute atomic E-state index is 0.0949. The number of nitrogens with one attached hydrogen (secondary N) is 5. The molecule has 8 aromatic heterocycles. The summed E-state index contributed by atoms with van der Waals surface area (Å²) >= 11 is 25.7. The number of aliphatic hydroxyl groups excluding tert-OH is 4. The number of aromatic amines is 1. The third-order valence-electron chi connectivity index (χ3n) is 21.1. The Labute approximate surface area is 768 Å². The van der Waals surface area contributed by atoms with Crippen molar-refractivity contribution in [3.05, 3.63) is 219 Å². The number of nitrogen functional groups attached to an aromatic ring is 4. The summed E-state index contributed by atoms with van der Waals surface area (Å²) in [6, 6.07) is 21.7. The molecule has 0 aliphatic carbocycles. The molecule has 0 fully saturated rings. The highest BCUT2D eigenvalue weighted by molar-refractivity contribution is 7.11. The number of thiazole rings is 1. The topological polar surface area (TPSA) is 434 Å². The Morgan fingerprint density at radius 2 is 0.773 bits per heavy atom. The van der Waals surface area contributed by atoms with Crippen LogP contribution >= 0.6 is 57.7 Å². The minimum Gasteiger partial charge on any atom is -0.442 e. The number of aromatic nitrogens is 7. The van der Waals surface area contributed by atoms with E-state index in [9.17, 15) is 39.6 Å². The molecule has 17 N–H and O–H groups in total. The van der Waals surface area contributed by atoms with Crippen molar-refractivity contribution < 1.29 is 48.4 Å². The third-order valence-corrected chi connectivity index (χ3v) is 22.8. The number of oxazole rings is 1. The van der Waals surface area contributed by atoms with Gasteiger partial charge in [0.2, 0.25) is 0 Å². The van der Waals surface area contributed by atoms with Crippen molar-refractivity contribution in [1.82, 2.24) is 75.8 Å². The molecule has 34 heteroatoms. The Morgan fingerprint density at radius 1 is 0.430 bits per heavy atom. The molecule has 0 spiro atoms. The third kappa shape index (κ3) is 27.6. The molecule has 0 aliphatic rings. The van der Waals surface area contributed by atoms with Gasteiger partial charge in [-0.2, -0.15) is 4.98 Å². The summed E-state index contributed by atoms with van der Waals surface area (Å²) in [5, 5.41) is 62.5. The summed E-state index contributed by atoms with van der Waals surface area (Å²) in [4.78, 5) is 86.6. The van der Waals surface area contributed by atoms with Crippen LogP contribution in [0, 0.1) is 75.1 Å². The molecule has 4 amide bonds. The van der Waals surface area contributed by atoms with Gasteiger partial charge in [0, 0.05) is 157 Å². The Hall–Kier alpha value is -11.9. The maximum Gasteiger partial charge on any atom is 0.307 e. The number of likely N-dealkylation sites (N-methyl/N-ethyl adjacent to an activating group) is 4. The lowest BCUT2D eigenvalue weighted by atomic mass is 10.1. The molecule has 4 aromatic carbocycles. The van der Waals surface area contributed by atoms with Gasteiger partial charge in [-0.3, -0.25) is 19.2 Å². The van der Waals surface area contributed by atoms with E-state index in [1.54, 1.807) is 79.6 Å². The molecule has 12 rings (SSSR count). The van der Waals surface area contributed by atoms with Gasteiger partial charge >= 0.3 is 5.91 Å². The second-order valence-electron chi connectivity index (χ2n) is 29.6. The monoisotopic (exact) mass is 1830 g/mol. The first-order chi connectivity index (χ1) is 61.3. The highest BCUT2D eigenvalue weighted by atomic mass is 35.5. The van der Waals surface area contributed by atoms with Crippen LogP contribution in [0.5, 0.6) is 0 Å². The van der Waals surface area contributed by atoms with Crippen molar-refractivity contribution in [2.24, 2.45) is 0 Å². The molecule has 4 unspecified atom stereocenters. The van der Waals surface area contributed by atoms with E-state index in [2.05, 4.69) is 123 Å². The number of halogens is 4. The van der Waals surface area contributed by atoms with Crippen LogP contribution in [0.15, 0.2) is 118 Å². The van der Waals surface area contributed by atoms with Gasteiger partial charge in [0.15, 0.2) is 22.2 Å². The van der Waals surface area contributed by atoms with Crippen molar-refractivity contribution in [3.63, 3.8) is 0 Å². The molecule has 4 atom stereocenters. The molecule has 8 heterocycles. The van der Waals surface area contributed by atoms with Crippen LogP contribution in [-0.4, -0.2) is 228 Å². The normalized spacial score (nSPS) is 11.9. The summed E-state index contributed by atoms with van der Waals surface area (Å²) in [6.45, 7) is 32.9. The highest BCUT2D eigenvalue weighted by Crippen LogP contribution is 2.31. The number of fused-ring (bicyclic) bond motifs is 4. The molecule has 0 saturated heterocycles. The average Bonchev–Trinajstić information content (AvgIpc) is 1.74. The van der Waals surface area contributed by atoms with Gasteiger partial charge in [0.05, 0.1) is 52.4 Å². The van der Waals surface area contributed by atoms with Crippen molar-refractivity contribution >= 4 is 148 Å². The molecule has 672 valence electrons. The summed E-state index contributed by atoms with van der Waals surface area (Å²) in [7, 11) is 0. The molecule has 12 aromatic rings. The number of furan rings is 1. The van der Waals surface area contributed by atoms with Gasteiger partial charge in [0.1, 0.15) is 40.9 Å². The molecular weight excluding hydrogens is 1730 g/mol. The van der Waals surface area contributed by atoms with Crippen molar-refractivity contribution in [3.8, 4) is 47.4 Å². The molecule has 0 saturated carbocycles. The number of nitrogens with zero attached hydrogens (tertiary/aromatic N) is 10. The standard InChI is InChI=1S/C25H30ClN5O2.C25H29ClN4O3.C22H24ClN5O3.C22H24ClN5O2S/c1-5-31(6-2)14-19(32)13-29-25(33)23-16(4)15(3)22(30-23)10-9-20-21-11-18(26)8-7-17(21)12-28-24(20)27;1-5-30(6-2)14-19(31)13-29-25(32)23-16(4)15(3)22(33-23)10-9-20-21-11-18(26)8-7-17(21)12-28-24(20)27;2*1-3-28(4-2)12-17(29)11-26-21(30)22-27-16(13-31-22)7-8-18-19-9-15(23)6-5-14(19)10-25-20(18)24/h7-8,11-12,19,30,32H,5-6,13-14H2,1-4H3,(H2,27,28)(H,29,33);7-8,11-12,19,31H,5-6,13-14H2,1-4H3,(H2,27,28)(H,29,32);2*5-6,9-10,13,17,29H,3-4,11-12H2,1-2H3,(H2,24,25)(H,26,30). The number of nitrogens with two attached hydrogens (primary N) is 4. The highest BCUT2D eigenvalue weighted by Gasteiger charge is 2.24. The number of benzene rings is 4. The van der Waals surface area contributed by atoms with E-state index in [0.717, 1.165) is 112 Å². The van der Waals surface area contributed by atoms with Crippen molar-refractivity contribution in [2.75, 3.05) is 128 Å². The van der Waals surface area contributed by atoms with E-state index >= 15 is 0 Å². The number of hydrogen-bond donors (Lipinski definition) is 13. The van der Waals surface area contributed by atoms with Gasteiger partial charge in [-0.1, -0.05) is 150 Å². The zero-order valence-electron chi connectivity index (χ0n) is 73.5. The number of amides is 4. The maximum atomic E-state index is 12.7. The van der Waals surface area contributed by atoms with E-state index < -0.39 is 30.3 Å². The van der Waals surface area contributed by atoms with Gasteiger partial charge in [-0.15, -0.1) is 11.3 Å². The summed E-state index contributed by atoms with van der Waals surface area (Å²) in [6.07, 6.45) is 5.33. The van der Waals surface area contributed by atoms with Crippen LogP contribution in [0.3, 0.4) is 0 Å². The van der Waals surface area contributed by atoms with Crippen LogP contribution in [0.1, 0.15) is 164 Å². The molecule has 0 bridgehead atoms. The first-order valence-corrected chi connectivity index (χ1v) is 44.1. The second-order valence-corrected chi connectivity index (χ2v) is 32.2. The lowest BCUT2D eigenvalue weighted by Gasteiger charge is -2.21. The first kappa shape index (κ1) is 99.9. The van der Waals surface area contributed by atoms with Gasteiger partial charge in [-0.05, 0) is 163 Å². The van der Waals surface area contributed by atoms with Crippen LogP contribution < -0.4 is 44.2 Å².